The van der Waals surface area contributed by atoms with Crippen LogP contribution in [0.4, 0.5) is 5.13 Å². The molecule has 0 bridgehead atoms. The van der Waals surface area contributed by atoms with Crippen molar-refractivity contribution >= 4 is 22.6 Å². The average Bonchev–Trinajstić information content (AvgIpc) is 2.63. The van der Waals surface area contributed by atoms with E-state index in [1.165, 1.54) is 11.5 Å². The van der Waals surface area contributed by atoms with Crippen molar-refractivity contribution in [3.05, 3.63) is 5.82 Å². The van der Waals surface area contributed by atoms with Gasteiger partial charge >= 0.3 is 5.97 Å². The number of rotatable bonds is 4. The van der Waals surface area contributed by atoms with Gasteiger partial charge in [0.1, 0.15) is 11.9 Å². The summed E-state index contributed by atoms with van der Waals surface area (Å²) < 4.78 is 4.09. The van der Waals surface area contributed by atoms with Gasteiger partial charge in [-0.05, 0) is 6.92 Å². The number of anilines is 1. The van der Waals surface area contributed by atoms with Crippen molar-refractivity contribution in [3.8, 4) is 0 Å². The van der Waals surface area contributed by atoms with Crippen LogP contribution >= 0.6 is 11.5 Å². The maximum absolute atomic E-state index is 10.7. The van der Waals surface area contributed by atoms with Crippen molar-refractivity contribution in [3.63, 3.8) is 0 Å². The molecule has 1 rings (SSSR count). The fraction of sp³-hybridized carbons (Fsp3) is 0.625. The first-order valence-corrected chi connectivity index (χ1v) is 5.11. The van der Waals surface area contributed by atoms with Crippen LogP contribution in [-0.4, -0.2) is 33.5 Å². The van der Waals surface area contributed by atoms with E-state index in [4.69, 9.17) is 5.11 Å². The molecule has 0 aromatic carbocycles. The van der Waals surface area contributed by atoms with Crippen molar-refractivity contribution in [1.29, 1.82) is 0 Å². The molecule has 14 heavy (non-hydrogen) atoms. The van der Waals surface area contributed by atoms with Crippen LogP contribution in [0.15, 0.2) is 0 Å². The number of carboxylic acid groups (broad SMARTS) is 1. The van der Waals surface area contributed by atoms with Gasteiger partial charge in [0.2, 0.25) is 5.13 Å². The molecule has 1 N–H and O–H groups in total. The van der Waals surface area contributed by atoms with Gasteiger partial charge in [0.05, 0.1) is 0 Å². The highest BCUT2D eigenvalue weighted by atomic mass is 32.1. The van der Waals surface area contributed by atoms with Gasteiger partial charge in [0.25, 0.3) is 0 Å². The number of carbonyl (C=O) groups is 1. The monoisotopic (exact) mass is 215 g/mol. The molecule has 1 aromatic heterocycles. The molecule has 1 unspecified atom stereocenters. The van der Waals surface area contributed by atoms with E-state index in [9.17, 15) is 4.79 Å². The van der Waals surface area contributed by atoms with Crippen molar-refractivity contribution in [2.45, 2.75) is 26.3 Å². The fourth-order valence-corrected chi connectivity index (χ4v) is 1.65. The van der Waals surface area contributed by atoms with E-state index in [1.54, 1.807) is 18.9 Å². The molecule has 1 atom stereocenters. The predicted octanol–water partition coefficient (Wildman–Crippen LogP) is 1.01. The number of hydrogen-bond acceptors (Lipinski definition) is 5. The summed E-state index contributed by atoms with van der Waals surface area (Å²) >= 11 is 1.23. The molecule has 0 aliphatic heterocycles. The van der Waals surface area contributed by atoms with Crippen LogP contribution in [0.1, 0.15) is 19.7 Å². The first-order chi connectivity index (χ1) is 6.56. The molecule has 0 saturated heterocycles. The molecule has 1 heterocycles. The van der Waals surface area contributed by atoms with E-state index < -0.39 is 12.0 Å². The van der Waals surface area contributed by atoms with E-state index in [0.29, 0.717) is 5.13 Å². The van der Waals surface area contributed by atoms with E-state index >= 15 is 0 Å². The Labute approximate surface area is 86.6 Å². The first-order valence-electron chi connectivity index (χ1n) is 4.34. The lowest BCUT2D eigenvalue weighted by Gasteiger charge is -2.19. The lowest BCUT2D eigenvalue weighted by molar-refractivity contribution is -0.138. The molecule has 1 aromatic rings. The highest BCUT2D eigenvalue weighted by Crippen LogP contribution is 2.18. The quantitative estimate of drug-likeness (QED) is 0.812. The van der Waals surface area contributed by atoms with Crippen molar-refractivity contribution in [2.75, 3.05) is 11.9 Å². The smallest absolute Gasteiger partial charge is 0.326 e. The molecule has 0 saturated carbocycles. The second-order valence-electron chi connectivity index (χ2n) is 2.97. The Hall–Kier alpha value is -1.17. The lowest BCUT2D eigenvalue weighted by Crippen LogP contribution is -2.35. The molecule has 0 fully saturated rings. The second kappa shape index (κ2) is 4.36. The Balaban J connectivity index is 2.78. The summed E-state index contributed by atoms with van der Waals surface area (Å²) in [4.78, 5) is 16.5. The third-order valence-corrected chi connectivity index (χ3v) is 2.86. The SMILES string of the molecule is CCc1nsc(N(C)C(C)C(=O)O)n1. The predicted molar refractivity (Wildman–Crippen MR) is 54.8 cm³/mol. The lowest BCUT2D eigenvalue weighted by atomic mass is 10.3. The zero-order valence-corrected chi connectivity index (χ0v) is 9.21. The molecular weight excluding hydrogens is 202 g/mol. The second-order valence-corrected chi connectivity index (χ2v) is 3.70. The molecule has 6 heteroatoms. The van der Waals surface area contributed by atoms with Gasteiger partial charge in [-0.25, -0.2) is 9.78 Å². The van der Waals surface area contributed by atoms with Crippen LogP contribution in [0.25, 0.3) is 0 Å². The van der Waals surface area contributed by atoms with Crippen LogP contribution < -0.4 is 4.90 Å². The van der Waals surface area contributed by atoms with Gasteiger partial charge in [-0.3, -0.25) is 0 Å². The minimum absolute atomic E-state index is 0.576. The van der Waals surface area contributed by atoms with Gasteiger partial charge in [-0.15, -0.1) is 0 Å². The highest BCUT2D eigenvalue weighted by Gasteiger charge is 2.19. The Morgan fingerprint density at radius 3 is 2.79 bits per heavy atom. The van der Waals surface area contributed by atoms with E-state index in [2.05, 4.69) is 9.36 Å². The Kier molecular flexibility index (Phi) is 3.40. The summed E-state index contributed by atoms with van der Waals surface area (Å²) in [5, 5.41) is 9.44. The van der Waals surface area contributed by atoms with Gasteiger partial charge < -0.3 is 10.0 Å². The van der Waals surface area contributed by atoms with Crippen molar-refractivity contribution in [2.24, 2.45) is 0 Å². The van der Waals surface area contributed by atoms with Gasteiger partial charge in [0, 0.05) is 25.0 Å². The molecule has 78 valence electrons. The minimum Gasteiger partial charge on any atom is -0.480 e. The fourth-order valence-electron chi connectivity index (χ4n) is 0.863. The number of aryl methyl sites for hydroxylation is 1. The maximum atomic E-state index is 10.7. The largest absolute Gasteiger partial charge is 0.480 e. The van der Waals surface area contributed by atoms with Gasteiger partial charge in [-0.1, -0.05) is 6.92 Å². The third-order valence-electron chi connectivity index (χ3n) is 2.01. The number of aromatic nitrogens is 2. The van der Waals surface area contributed by atoms with Gasteiger partial charge in [-0.2, -0.15) is 4.37 Å². The van der Waals surface area contributed by atoms with Crippen LogP contribution in [0.3, 0.4) is 0 Å². The number of hydrogen-bond donors (Lipinski definition) is 1. The van der Waals surface area contributed by atoms with Crippen LogP contribution in [-0.2, 0) is 11.2 Å². The normalized spacial score (nSPS) is 12.5. The number of aliphatic carboxylic acids is 1. The topological polar surface area (TPSA) is 66.3 Å². The van der Waals surface area contributed by atoms with E-state index in [-0.39, 0.29) is 0 Å². The Bertz CT molecular complexity index is 326. The number of carboxylic acids is 1. The molecule has 0 aliphatic rings. The third kappa shape index (κ3) is 2.20. The zero-order valence-electron chi connectivity index (χ0n) is 8.39. The average molecular weight is 215 g/mol. The summed E-state index contributed by atoms with van der Waals surface area (Å²) in [5.74, 6) is -0.102. The molecule has 0 amide bonds. The van der Waals surface area contributed by atoms with Gasteiger partial charge in [0.15, 0.2) is 0 Å². The number of nitrogens with zero attached hydrogens (tertiary/aromatic N) is 3. The van der Waals surface area contributed by atoms with Crippen molar-refractivity contribution in [1.82, 2.24) is 9.36 Å². The molecule has 0 radical (unpaired) electrons. The van der Waals surface area contributed by atoms with Crippen LogP contribution in [0, 0.1) is 0 Å². The molecule has 0 aliphatic carbocycles. The van der Waals surface area contributed by atoms with Crippen molar-refractivity contribution < 1.29 is 9.90 Å². The minimum atomic E-state index is -0.860. The molecular formula is C8H13N3O2S. The summed E-state index contributed by atoms with van der Waals surface area (Å²) in [5.41, 5.74) is 0. The Morgan fingerprint density at radius 2 is 2.36 bits per heavy atom. The van der Waals surface area contributed by atoms with E-state index in [0.717, 1.165) is 12.2 Å². The highest BCUT2D eigenvalue weighted by molar-refractivity contribution is 7.09. The maximum Gasteiger partial charge on any atom is 0.326 e. The Morgan fingerprint density at radius 1 is 1.71 bits per heavy atom. The van der Waals surface area contributed by atoms with E-state index in [1.807, 2.05) is 6.92 Å². The molecule has 0 spiro atoms. The summed E-state index contributed by atoms with van der Waals surface area (Å²) in [6, 6.07) is -0.576. The molecule has 5 nitrogen and oxygen atoms in total. The summed E-state index contributed by atoms with van der Waals surface area (Å²) in [7, 11) is 1.71. The number of likely N-dealkylation sites (N-methyl/N-ethyl adjacent to an activating group) is 1. The standard InChI is InChI=1S/C8H13N3O2S/c1-4-6-9-8(14-10-6)11(3)5(2)7(12)13/h5H,4H2,1-3H3,(H,12,13). The summed E-state index contributed by atoms with van der Waals surface area (Å²) in [6.07, 6.45) is 0.770. The summed E-state index contributed by atoms with van der Waals surface area (Å²) in [6.45, 7) is 3.59. The zero-order chi connectivity index (χ0) is 10.7. The van der Waals surface area contributed by atoms with Crippen LogP contribution in [0.2, 0.25) is 0 Å². The van der Waals surface area contributed by atoms with Crippen LogP contribution in [0.5, 0.6) is 0 Å². The first kappa shape index (κ1) is 10.9.